The smallest absolute Gasteiger partial charge is 0.307 e. The number of nitriles is 1. The minimum absolute atomic E-state index is 0.160. The van der Waals surface area contributed by atoms with Gasteiger partial charge in [-0.15, -0.1) is 0 Å². The molecule has 0 aromatic heterocycles. The highest BCUT2D eigenvalue weighted by Gasteiger charge is 2.26. The second-order valence-corrected chi connectivity index (χ2v) is 6.06. The molecule has 0 spiro atoms. The van der Waals surface area contributed by atoms with E-state index in [1.807, 2.05) is 18.2 Å². The second-order valence-electron chi connectivity index (χ2n) is 6.06. The summed E-state index contributed by atoms with van der Waals surface area (Å²) in [5, 5.41) is 18.2. The van der Waals surface area contributed by atoms with Crippen molar-refractivity contribution in [3.8, 4) is 6.07 Å². The largest absolute Gasteiger partial charge is 0.481 e. The van der Waals surface area contributed by atoms with Crippen molar-refractivity contribution in [3.63, 3.8) is 0 Å². The molecule has 0 aliphatic heterocycles. The van der Waals surface area contributed by atoms with Crippen LogP contribution in [0.15, 0.2) is 24.3 Å². The Kier molecular flexibility index (Phi) is 5.29. The zero-order valence-electron chi connectivity index (χ0n) is 12.6. The number of hydrogen-bond acceptors (Lipinski definition) is 3. The first-order valence-corrected chi connectivity index (χ1v) is 6.71. The van der Waals surface area contributed by atoms with Gasteiger partial charge in [0.05, 0.1) is 17.6 Å². The van der Waals surface area contributed by atoms with Crippen LogP contribution in [0.25, 0.3) is 0 Å². The Morgan fingerprint density at radius 2 is 2.00 bits per heavy atom. The highest BCUT2D eigenvalue weighted by molar-refractivity contribution is 5.69. The number of carbonyl (C=O) groups is 1. The van der Waals surface area contributed by atoms with Crippen LogP contribution < -0.4 is 0 Å². The zero-order chi connectivity index (χ0) is 15.3. The monoisotopic (exact) mass is 274 g/mol. The lowest BCUT2D eigenvalue weighted by atomic mass is 10.00. The molecule has 1 atom stereocenters. The summed E-state index contributed by atoms with van der Waals surface area (Å²) in [6.45, 7) is 8.89. The van der Waals surface area contributed by atoms with Crippen molar-refractivity contribution in [2.45, 2.75) is 39.8 Å². The number of carboxylic acid groups (broad SMARTS) is 1. The van der Waals surface area contributed by atoms with Gasteiger partial charge in [0.1, 0.15) is 0 Å². The fraction of sp³-hybridized carbons (Fsp3) is 0.500. The standard InChI is InChI=1S/C16H22N2O2/c1-12(15(19)20)10-18(16(2,3)4)11-14-8-6-5-7-13(14)9-17/h5-8,12H,10-11H2,1-4H3,(H,19,20). The molecule has 0 aliphatic carbocycles. The molecule has 1 aromatic carbocycles. The van der Waals surface area contributed by atoms with E-state index in [1.165, 1.54) is 0 Å². The molecular formula is C16H22N2O2. The minimum atomic E-state index is -0.798. The highest BCUT2D eigenvalue weighted by Crippen LogP contribution is 2.21. The molecule has 0 radical (unpaired) electrons. The first-order valence-electron chi connectivity index (χ1n) is 6.71. The molecule has 0 saturated heterocycles. The SMILES string of the molecule is CC(CN(Cc1ccccc1C#N)C(C)(C)C)C(=O)O. The molecule has 4 heteroatoms. The molecule has 0 aliphatic rings. The van der Waals surface area contributed by atoms with Gasteiger partial charge in [0.25, 0.3) is 0 Å². The zero-order valence-corrected chi connectivity index (χ0v) is 12.6. The maximum atomic E-state index is 11.1. The molecule has 0 saturated carbocycles. The Morgan fingerprint density at radius 3 is 2.50 bits per heavy atom. The summed E-state index contributed by atoms with van der Waals surface area (Å²) >= 11 is 0. The Labute approximate surface area is 120 Å². The molecular weight excluding hydrogens is 252 g/mol. The van der Waals surface area contributed by atoms with Crippen LogP contribution in [0.5, 0.6) is 0 Å². The average molecular weight is 274 g/mol. The number of nitrogens with zero attached hydrogens (tertiary/aromatic N) is 2. The molecule has 1 aromatic rings. The van der Waals surface area contributed by atoms with Crippen LogP contribution in [0.4, 0.5) is 0 Å². The van der Waals surface area contributed by atoms with E-state index in [0.717, 1.165) is 5.56 Å². The Hall–Kier alpha value is -1.86. The van der Waals surface area contributed by atoms with Crippen LogP contribution in [0.3, 0.4) is 0 Å². The third-order valence-corrected chi connectivity index (χ3v) is 3.36. The summed E-state index contributed by atoms with van der Waals surface area (Å²) in [6, 6.07) is 9.63. The van der Waals surface area contributed by atoms with Crippen LogP contribution in [0.1, 0.15) is 38.8 Å². The summed E-state index contributed by atoms with van der Waals surface area (Å²) < 4.78 is 0. The van der Waals surface area contributed by atoms with Crippen LogP contribution in [0.2, 0.25) is 0 Å². The van der Waals surface area contributed by atoms with E-state index in [2.05, 4.69) is 31.7 Å². The van der Waals surface area contributed by atoms with Crippen molar-refractivity contribution in [1.82, 2.24) is 4.90 Å². The first kappa shape index (κ1) is 16.2. The van der Waals surface area contributed by atoms with E-state index in [1.54, 1.807) is 13.0 Å². The third kappa shape index (κ3) is 4.36. The average Bonchev–Trinajstić information content (AvgIpc) is 2.37. The molecule has 0 fully saturated rings. The predicted octanol–water partition coefficient (Wildman–Crippen LogP) is 2.88. The van der Waals surface area contributed by atoms with Gasteiger partial charge in [-0.25, -0.2) is 0 Å². The van der Waals surface area contributed by atoms with Gasteiger partial charge in [-0.05, 0) is 32.4 Å². The maximum Gasteiger partial charge on any atom is 0.307 e. The lowest BCUT2D eigenvalue weighted by Gasteiger charge is -2.37. The molecule has 4 nitrogen and oxygen atoms in total. The van der Waals surface area contributed by atoms with Gasteiger partial charge in [0, 0.05) is 18.6 Å². The van der Waals surface area contributed by atoms with E-state index >= 15 is 0 Å². The predicted molar refractivity (Wildman–Crippen MR) is 78.1 cm³/mol. The number of benzene rings is 1. The molecule has 1 N–H and O–H groups in total. The Bertz CT molecular complexity index is 512. The van der Waals surface area contributed by atoms with Gasteiger partial charge in [0.2, 0.25) is 0 Å². The van der Waals surface area contributed by atoms with Crippen molar-refractivity contribution in [1.29, 1.82) is 5.26 Å². The van der Waals surface area contributed by atoms with Crippen LogP contribution in [0, 0.1) is 17.2 Å². The molecule has 108 valence electrons. The van der Waals surface area contributed by atoms with Gasteiger partial charge in [-0.1, -0.05) is 25.1 Å². The van der Waals surface area contributed by atoms with E-state index in [9.17, 15) is 4.79 Å². The summed E-state index contributed by atoms with van der Waals surface area (Å²) in [4.78, 5) is 13.2. The van der Waals surface area contributed by atoms with Crippen molar-refractivity contribution >= 4 is 5.97 Å². The Morgan fingerprint density at radius 1 is 1.40 bits per heavy atom. The van der Waals surface area contributed by atoms with Crippen molar-refractivity contribution in [2.24, 2.45) is 5.92 Å². The quantitative estimate of drug-likeness (QED) is 0.896. The van der Waals surface area contributed by atoms with Gasteiger partial charge in [-0.2, -0.15) is 5.26 Å². The molecule has 0 amide bonds. The normalized spacial score (nSPS) is 13.0. The summed E-state index contributed by atoms with van der Waals surface area (Å²) in [6.07, 6.45) is 0. The van der Waals surface area contributed by atoms with Gasteiger partial charge in [0.15, 0.2) is 0 Å². The van der Waals surface area contributed by atoms with Gasteiger partial charge >= 0.3 is 5.97 Å². The van der Waals surface area contributed by atoms with E-state index in [0.29, 0.717) is 18.7 Å². The molecule has 0 bridgehead atoms. The summed E-state index contributed by atoms with van der Waals surface area (Å²) in [7, 11) is 0. The molecule has 0 heterocycles. The fourth-order valence-corrected chi connectivity index (χ4v) is 1.96. The maximum absolute atomic E-state index is 11.1. The summed E-state index contributed by atoms with van der Waals surface area (Å²) in [5.74, 6) is -1.24. The lowest BCUT2D eigenvalue weighted by molar-refractivity contribution is -0.142. The lowest BCUT2D eigenvalue weighted by Crippen LogP contribution is -2.44. The van der Waals surface area contributed by atoms with Crippen molar-refractivity contribution in [3.05, 3.63) is 35.4 Å². The summed E-state index contributed by atoms with van der Waals surface area (Å²) in [5.41, 5.74) is 1.42. The van der Waals surface area contributed by atoms with Crippen molar-refractivity contribution in [2.75, 3.05) is 6.54 Å². The topological polar surface area (TPSA) is 64.3 Å². The van der Waals surface area contributed by atoms with E-state index in [-0.39, 0.29) is 5.54 Å². The second kappa shape index (κ2) is 6.53. The van der Waals surface area contributed by atoms with Crippen LogP contribution in [-0.4, -0.2) is 28.1 Å². The highest BCUT2D eigenvalue weighted by atomic mass is 16.4. The van der Waals surface area contributed by atoms with E-state index < -0.39 is 11.9 Å². The number of rotatable bonds is 5. The molecule has 20 heavy (non-hydrogen) atoms. The molecule has 1 unspecified atom stereocenters. The van der Waals surface area contributed by atoms with Crippen molar-refractivity contribution < 1.29 is 9.90 Å². The Balaban J connectivity index is 2.97. The minimum Gasteiger partial charge on any atom is -0.481 e. The van der Waals surface area contributed by atoms with Crippen LogP contribution in [-0.2, 0) is 11.3 Å². The van der Waals surface area contributed by atoms with E-state index in [4.69, 9.17) is 10.4 Å². The fourth-order valence-electron chi connectivity index (χ4n) is 1.96. The van der Waals surface area contributed by atoms with Gasteiger partial charge < -0.3 is 5.11 Å². The number of hydrogen-bond donors (Lipinski definition) is 1. The van der Waals surface area contributed by atoms with Crippen LogP contribution >= 0.6 is 0 Å². The first-order chi connectivity index (χ1) is 9.25. The molecule has 1 rings (SSSR count). The number of aliphatic carboxylic acids is 1. The third-order valence-electron chi connectivity index (χ3n) is 3.36. The van der Waals surface area contributed by atoms with Gasteiger partial charge in [-0.3, -0.25) is 9.69 Å². The number of carboxylic acids is 1.